The molecule has 1 aromatic rings. The third-order valence-corrected chi connectivity index (χ3v) is 6.20. The highest BCUT2D eigenvalue weighted by atomic mass is 32.2. The second-order valence-electron chi connectivity index (χ2n) is 6.24. The van der Waals surface area contributed by atoms with Crippen LogP contribution in [0.1, 0.15) is 24.8 Å². The van der Waals surface area contributed by atoms with Crippen molar-refractivity contribution < 1.29 is 18.0 Å². The van der Waals surface area contributed by atoms with Crippen LogP contribution in [-0.2, 0) is 19.4 Å². The number of aryl methyl sites for hydroxylation is 1. The molecule has 1 atom stereocenters. The van der Waals surface area contributed by atoms with E-state index in [9.17, 15) is 18.0 Å². The maximum absolute atomic E-state index is 12.2. The van der Waals surface area contributed by atoms with Crippen LogP contribution >= 0.6 is 0 Å². The standard InChI is InChI=1S/C16H20N2O4S/c1-11-9-13(4-5-14(11)18-7-2-3-15(18)19)17-16(20)12-6-8-23(21,22)10-12/h4-5,9,12H,2-3,6-8,10H2,1H3,(H,17,20). The van der Waals surface area contributed by atoms with E-state index in [4.69, 9.17) is 0 Å². The summed E-state index contributed by atoms with van der Waals surface area (Å²) < 4.78 is 22.9. The van der Waals surface area contributed by atoms with Crippen molar-refractivity contribution in [3.05, 3.63) is 23.8 Å². The lowest BCUT2D eigenvalue weighted by atomic mass is 10.1. The van der Waals surface area contributed by atoms with Gasteiger partial charge in [0, 0.05) is 24.3 Å². The highest BCUT2D eigenvalue weighted by Crippen LogP contribution is 2.28. The van der Waals surface area contributed by atoms with E-state index in [1.54, 1.807) is 11.0 Å². The molecule has 2 fully saturated rings. The quantitative estimate of drug-likeness (QED) is 0.906. The van der Waals surface area contributed by atoms with Crippen molar-refractivity contribution in [3.8, 4) is 0 Å². The van der Waals surface area contributed by atoms with Crippen LogP contribution in [-0.4, -0.2) is 38.3 Å². The van der Waals surface area contributed by atoms with Gasteiger partial charge in [-0.3, -0.25) is 9.59 Å². The predicted octanol–water partition coefficient (Wildman–Crippen LogP) is 1.50. The number of nitrogens with one attached hydrogen (secondary N) is 1. The van der Waals surface area contributed by atoms with Crippen LogP contribution in [0.15, 0.2) is 18.2 Å². The maximum Gasteiger partial charge on any atom is 0.228 e. The van der Waals surface area contributed by atoms with E-state index < -0.39 is 15.8 Å². The Morgan fingerprint density at radius 2 is 2.13 bits per heavy atom. The van der Waals surface area contributed by atoms with Gasteiger partial charge in [-0.1, -0.05) is 0 Å². The summed E-state index contributed by atoms with van der Waals surface area (Å²) >= 11 is 0. The Hall–Kier alpha value is -1.89. The number of hydrogen-bond donors (Lipinski definition) is 1. The Kier molecular flexibility index (Phi) is 4.14. The van der Waals surface area contributed by atoms with Crippen molar-refractivity contribution in [3.63, 3.8) is 0 Å². The molecule has 0 radical (unpaired) electrons. The molecule has 2 amide bonds. The first-order valence-electron chi connectivity index (χ1n) is 7.78. The normalized spacial score (nSPS) is 23.3. The van der Waals surface area contributed by atoms with Gasteiger partial charge in [0.05, 0.1) is 17.4 Å². The molecule has 0 aliphatic carbocycles. The number of carbonyl (C=O) groups excluding carboxylic acids is 2. The SMILES string of the molecule is Cc1cc(NC(=O)C2CCS(=O)(=O)C2)ccc1N1CCCC1=O. The lowest BCUT2D eigenvalue weighted by molar-refractivity contribution is -0.119. The number of anilines is 2. The third-order valence-electron chi connectivity index (χ3n) is 4.43. The fraction of sp³-hybridized carbons (Fsp3) is 0.500. The van der Waals surface area contributed by atoms with Crippen molar-refractivity contribution in [2.75, 3.05) is 28.3 Å². The van der Waals surface area contributed by atoms with Crippen LogP contribution in [0.25, 0.3) is 0 Å². The maximum atomic E-state index is 12.2. The van der Waals surface area contributed by atoms with Gasteiger partial charge in [0.1, 0.15) is 0 Å². The lowest BCUT2D eigenvalue weighted by Crippen LogP contribution is -2.25. The van der Waals surface area contributed by atoms with E-state index in [2.05, 4.69) is 5.32 Å². The molecule has 1 N–H and O–H groups in total. The molecule has 2 saturated heterocycles. The Morgan fingerprint density at radius 3 is 2.70 bits per heavy atom. The Morgan fingerprint density at radius 1 is 1.35 bits per heavy atom. The van der Waals surface area contributed by atoms with Crippen LogP contribution < -0.4 is 10.2 Å². The van der Waals surface area contributed by atoms with Gasteiger partial charge in [0.25, 0.3) is 0 Å². The van der Waals surface area contributed by atoms with Crippen molar-refractivity contribution in [2.24, 2.45) is 5.92 Å². The van der Waals surface area contributed by atoms with Crippen LogP contribution in [0.5, 0.6) is 0 Å². The highest BCUT2D eigenvalue weighted by molar-refractivity contribution is 7.91. The van der Waals surface area contributed by atoms with Crippen molar-refractivity contribution in [1.29, 1.82) is 0 Å². The average molecular weight is 336 g/mol. The molecule has 2 heterocycles. The molecule has 1 aromatic carbocycles. The Bertz CT molecular complexity index is 757. The van der Waals surface area contributed by atoms with E-state index in [0.29, 0.717) is 18.5 Å². The van der Waals surface area contributed by atoms with Gasteiger partial charge in [-0.2, -0.15) is 0 Å². The second-order valence-corrected chi connectivity index (χ2v) is 8.47. The summed E-state index contributed by atoms with van der Waals surface area (Å²) in [5.74, 6) is -0.588. The fourth-order valence-electron chi connectivity index (χ4n) is 3.19. The molecular weight excluding hydrogens is 316 g/mol. The third kappa shape index (κ3) is 3.39. The molecule has 0 bridgehead atoms. The molecule has 2 aliphatic rings. The number of rotatable bonds is 3. The molecular formula is C16H20N2O4S. The van der Waals surface area contributed by atoms with Gasteiger partial charge in [-0.15, -0.1) is 0 Å². The molecule has 6 nitrogen and oxygen atoms in total. The van der Waals surface area contributed by atoms with Crippen LogP contribution in [0.4, 0.5) is 11.4 Å². The largest absolute Gasteiger partial charge is 0.326 e. The summed E-state index contributed by atoms with van der Waals surface area (Å²) in [7, 11) is -3.07. The summed E-state index contributed by atoms with van der Waals surface area (Å²) in [4.78, 5) is 25.8. The molecule has 23 heavy (non-hydrogen) atoms. The van der Waals surface area contributed by atoms with E-state index in [1.807, 2.05) is 19.1 Å². The van der Waals surface area contributed by atoms with E-state index in [0.717, 1.165) is 24.2 Å². The Labute approximate surface area is 135 Å². The minimum atomic E-state index is -3.07. The van der Waals surface area contributed by atoms with Crippen molar-refractivity contribution >= 4 is 33.0 Å². The zero-order valence-electron chi connectivity index (χ0n) is 13.0. The summed E-state index contributed by atoms with van der Waals surface area (Å²) in [5, 5.41) is 2.78. The fourth-order valence-corrected chi connectivity index (χ4v) is 4.93. The van der Waals surface area contributed by atoms with Crippen LogP contribution in [0, 0.1) is 12.8 Å². The summed E-state index contributed by atoms with van der Waals surface area (Å²) in [6.07, 6.45) is 1.83. The number of sulfone groups is 1. The van der Waals surface area contributed by atoms with Gasteiger partial charge in [-0.25, -0.2) is 8.42 Å². The Balaban J connectivity index is 1.71. The zero-order chi connectivity index (χ0) is 16.6. The smallest absolute Gasteiger partial charge is 0.228 e. The van der Waals surface area contributed by atoms with E-state index in [1.165, 1.54) is 0 Å². The van der Waals surface area contributed by atoms with Crippen LogP contribution in [0.3, 0.4) is 0 Å². The summed E-state index contributed by atoms with van der Waals surface area (Å²) in [6, 6.07) is 5.41. The lowest BCUT2D eigenvalue weighted by Gasteiger charge is -2.19. The molecule has 0 spiro atoms. The van der Waals surface area contributed by atoms with Gasteiger partial charge in [0.15, 0.2) is 9.84 Å². The average Bonchev–Trinajstić information content (AvgIpc) is 3.05. The van der Waals surface area contributed by atoms with Gasteiger partial charge < -0.3 is 10.2 Å². The minimum absolute atomic E-state index is 0.0713. The summed E-state index contributed by atoms with van der Waals surface area (Å²) in [6.45, 7) is 2.63. The minimum Gasteiger partial charge on any atom is -0.326 e. The number of amides is 2. The number of hydrogen-bond acceptors (Lipinski definition) is 4. The van der Waals surface area contributed by atoms with Crippen LogP contribution in [0.2, 0.25) is 0 Å². The van der Waals surface area contributed by atoms with Crippen molar-refractivity contribution in [2.45, 2.75) is 26.2 Å². The first-order chi connectivity index (χ1) is 10.9. The predicted molar refractivity (Wildman–Crippen MR) is 88.2 cm³/mol. The molecule has 7 heteroatoms. The van der Waals surface area contributed by atoms with Crippen molar-refractivity contribution in [1.82, 2.24) is 0 Å². The van der Waals surface area contributed by atoms with Gasteiger partial charge in [0.2, 0.25) is 11.8 Å². The second kappa shape index (κ2) is 5.96. The molecule has 0 aromatic heterocycles. The van der Waals surface area contributed by atoms with E-state index >= 15 is 0 Å². The molecule has 3 rings (SSSR count). The zero-order valence-corrected chi connectivity index (χ0v) is 13.9. The molecule has 2 aliphatic heterocycles. The molecule has 1 unspecified atom stereocenters. The molecule has 124 valence electrons. The first-order valence-corrected chi connectivity index (χ1v) is 9.60. The monoisotopic (exact) mass is 336 g/mol. The summed E-state index contributed by atoms with van der Waals surface area (Å²) in [5.41, 5.74) is 2.42. The highest BCUT2D eigenvalue weighted by Gasteiger charge is 2.33. The molecule has 0 saturated carbocycles. The number of nitrogens with zero attached hydrogens (tertiary/aromatic N) is 1. The number of carbonyl (C=O) groups is 2. The number of benzene rings is 1. The first kappa shape index (κ1) is 16.0. The van der Waals surface area contributed by atoms with Gasteiger partial charge in [-0.05, 0) is 43.5 Å². The van der Waals surface area contributed by atoms with E-state index in [-0.39, 0.29) is 23.3 Å². The van der Waals surface area contributed by atoms with Gasteiger partial charge >= 0.3 is 0 Å². The topological polar surface area (TPSA) is 83.6 Å².